The summed E-state index contributed by atoms with van der Waals surface area (Å²) in [5.41, 5.74) is 9.37. The van der Waals surface area contributed by atoms with Crippen LogP contribution in [0.4, 0.5) is 17.3 Å². The van der Waals surface area contributed by atoms with Crippen LogP contribution in [0.15, 0.2) is 76.9 Å². The molecule has 5 saturated heterocycles. The number of aromatic nitrogens is 4. The van der Waals surface area contributed by atoms with E-state index in [1.165, 1.54) is 16.7 Å². The highest BCUT2D eigenvalue weighted by atomic mass is 32.2. The van der Waals surface area contributed by atoms with Crippen molar-refractivity contribution in [2.24, 2.45) is 16.6 Å². The van der Waals surface area contributed by atoms with E-state index in [0.29, 0.717) is 36.4 Å². The highest BCUT2D eigenvalue weighted by molar-refractivity contribution is 7.99. The second kappa shape index (κ2) is 17.4. The Morgan fingerprint density at radius 2 is 1.80 bits per heavy atom. The van der Waals surface area contributed by atoms with E-state index in [0.717, 1.165) is 97.9 Å². The first-order valence-electron chi connectivity index (χ1n) is 22.2. The fourth-order valence-electron chi connectivity index (χ4n) is 10.3. The smallest absolute Gasteiger partial charge is 0.255 e. The summed E-state index contributed by atoms with van der Waals surface area (Å²) in [6.45, 7) is 9.33. The Bertz CT molecular complexity index is 2430. The molecule has 2 spiro atoms. The van der Waals surface area contributed by atoms with Gasteiger partial charge in [-0.25, -0.2) is 9.97 Å². The number of nitrogens with one attached hydrogen (secondary N) is 2. The van der Waals surface area contributed by atoms with E-state index in [2.05, 4.69) is 42.5 Å². The van der Waals surface area contributed by atoms with Gasteiger partial charge in [-0.05, 0) is 75.1 Å². The Kier molecular flexibility index (Phi) is 11.5. The van der Waals surface area contributed by atoms with E-state index >= 15 is 0 Å². The van der Waals surface area contributed by atoms with E-state index in [1.807, 2.05) is 54.9 Å². The molecule has 2 aromatic carbocycles. The van der Waals surface area contributed by atoms with Gasteiger partial charge in [-0.3, -0.25) is 24.5 Å². The molecule has 8 heterocycles. The number of imide groups is 1. The molecule has 0 bridgehead atoms. The maximum absolute atomic E-state index is 13.2. The van der Waals surface area contributed by atoms with Crippen molar-refractivity contribution in [3.8, 4) is 5.75 Å². The zero-order chi connectivity index (χ0) is 44.0. The van der Waals surface area contributed by atoms with Gasteiger partial charge in [0.05, 0.1) is 31.6 Å². The first kappa shape index (κ1) is 42.3. The molecule has 4 amide bonds. The van der Waals surface area contributed by atoms with Gasteiger partial charge in [0.15, 0.2) is 5.82 Å². The molecule has 4 N–H and O–H groups in total. The molecule has 334 valence electrons. The van der Waals surface area contributed by atoms with E-state index in [-0.39, 0.29) is 60.3 Å². The van der Waals surface area contributed by atoms with E-state index in [4.69, 9.17) is 25.2 Å². The molecule has 0 saturated carbocycles. The molecule has 17 nitrogen and oxygen atoms in total. The summed E-state index contributed by atoms with van der Waals surface area (Å²) in [6.07, 6.45) is 7.72. The summed E-state index contributed by atoms with van der Waals surface area (Å²) in [5.74, 6) is 1.23. The fourth-order valence-corrected chi connectivity index (χ4v) is 11.1. The monoisotopic (exact) mass is 887 g/mol. The Morgan fingerprint density at radius 1 is 0.969 bits per heavy atom. The normalized spacial score (nSPS) is 23.7. The summed E-state index contributed by atoms with van der Waals surface area (Å²) in [5, 5.41) is 15.2. The van der Waals surface area contributed by atoms with Gasteiger partial charge in [-0.2, -0.15) is 0 Å². The van der Waals surface area contributed by atoms with Crippen molar-refractivity contribution in [1.82, 2.24) is 35.3 Å². The van der Waals surface area contributed by atoms with Crippen molar-refractivity contribution in [2.75, 3.05) is 67.5 Å². The topological polar surface area (TPSA) is 201 Å². The number of fused-ring (bicyclic) bond motifs is 1. The predicted molar refractivity (Wildman–Crippen MR) is 238 cm³/mol. The lowest BCUT2D eigenvalue weighted by molar-refractivity contribution is -0.137. The molecule has 3 atom stereocenters. The largest absolute Gasteiger partial charge is 0.487 e. The van der Waals surface area contributed by atoms with Crippen molar-refractivity contribution < 1.29 is 28.7 Å². The Balaban J connectivity index is 0.646. The van der Waals surface area contributed by atoms with Gasteiger partial charge in [0.2, 0.25) is 17.7 Å². The van der Waals surface area contributed by atoms with Crippen LogP contribution in [0, 0.1) is 10.8 Å². The number of likely N-dealkylation sites (tertiary alicyclic amines) is 1. The minimum Gasteiger partial charge on any atom is -0.487 e. The number of hydrogen-bond donors (Lipinski definition) is 3. The third-order valence-corrected chi connectivity index (χ3v) is 14.9. The van der Waals surface area contributed by atoms with Crippen molar-refractivity contribution in [2.45, 2.75) is 86.7 Å². The van der Waals surface area contributed by atoms with Crippen LogP contribution in [0.3, 0.4) is 0 Å². The van der Waals surface area contributed by atoms with Gasteiger partial charge >= 0.3 is 0 Å². The van der Waals surface area contributed by atoms with Crippen LogP contribution < -0.4 is 30.9 Å². The maximum Gasteiger partial charge on any atom is 0.255 e. The van der Waals surface area contributed by atoms with Crippen LogP contribution in [0.2, 0.25) is 0 Å². The van der Waals surface area contributed by atoms with Gasteiger partial charge in [-0.1, -0.05) is 23.9 Å². The van der Waals surface area contributed by atoms with Crippen LogP contribution in [0.25, 0.3) is 0 Å². The molecule has 2 aromatic heterocycles. The van der Waals surface area contributed by atoms with Crippen LogP contribution in [-0.4, -0.2) is 124 Å². The molecule has 6 aliphatic heterocycles. The number of rotatable bonds is 12. The lowest BCUT2D eigenvalue weighted by Crippen LogP contribution is -2.57. The summed E-state index contributed by atoms with van der Waals surface area (Å²) in [4.78, 5) is 69.2. The van der Waals surface area contributed by atoms with Crippen molar-refractivity contribution in [3.05, 3.63) is 83.8 Å². The predicted octanol–water partition coefficient (Wildman–Crippen LogP) is 3.63. The van der Waals surface area contributed by atoms with Gasteiger partial charge in [0, 0.05) is 97.2 Å². The number of carbonyl (C=O) groups excluding carboxylic acids is 4. The number of anilines is 3. The van der Waals surface area contributed by atoms with Crippen LogP contribution in [-0.2, 0) is 32.3 Å². The molecule has 1 unspecified atom stereocenters. The summed E-state index contributed by atoms with van der Waals surface area (Å²) in [7, 11) is 0. The number of nitrogens with zero attached hydrogens (tertiary/aromatic N) is 8. The van der Waals surface area contributed by atoms with Gasteiger partial charge in [-0.15, -0.1) is 10.2 Å². The number of ether oxygens (including phenoxy) is 2. The molecule has 6 aliphatic rings. The minimum absolute atomic E-state index is 0.0122. The number of hydrogen-bond acceptors (Lipinski definition) is 15. The molecule has 4 aromatic rings. The standard InChI is InChI=1S/C46H53N11O6S/c1-29-42(47)46(28-63-29)14-18-55(19-15-46)38-21-49-41(22-48-38)64-32-5-2-4-30(20-32)50-40(59)12-16-54-25-45(26-54)13-17-56(27-45)37-10-8-31(52-53-37)24-62-36-7-3-6-33-34(36)23-57(44(33)61)35-9-11-39(58)51-43(35)60/h2-8,10,20-22,29,35,42H,9,11-19,23-28,47H2,1H3,(H,50,59)(H,51,58,60)/t29-,35?,42+/m0/s1. The summed E-state index contributed by atoms with van der Waals surface area (Å²) in [6, 6.07) is 16.4. The minimum atomic E-state index is -0.687. The lowest BCUT2D eigenvalue weighted by atomic mass is 9.73. The SMILES string of the molecule is C[C@@H]1OCC2(CCN(c3cnc(Sc4cccc(NC(=O)CCN5CC6(CCN(c7ccc(COc8cccc9c8CN(C8CCC(=O)NC8=O)C9=O)nn7)C6)C5)c4)cn3)CC2)[C@@H]1N. The Labute approximate surface area is 375 Å². The summed E-state index contributed by atoms with van der Waals surface area (Å²) < 4.78 is 12.0. The third kappa shape index (κ3) is 8.51. The molecule has 0 aliphatic carbocycles. The zero-order valence-electron chi connectivity index (χ0n) is 35.9. The highest BCUT2D eigenvalue weighted by Crippen LogP contribution is 2.43. The number of nitrogens with two attached hydrogens (primary N) is 1. The number of amides is 4. The lowest BCUT2D eigenvalue weighted by Gasteiger charge is -2.48. The fraction of sp³-hybridized carbons (Fsp3) is 0.478. The van der Waals surface area contributed by atoms with Crippen molar-refractivity contribution >= 4 is 52.7 Å². The van der Waals surface area contributed by atoms with Gasteiger partial charge < -0.3 is 40.1 Å². The zero-order valence-corrected chi connectivity index (χ0v) is 36.7. The van der Waals surface area contributed by atoms with E-state index in [9.17, 15) is 19.2 Å². The van der Waals surface area contributed by atoms with E-state index in [1.54, 1.807) is 12.1 Å². The molecule has 0 radical (unpaired) electrons. The summed E-state index contributed by atoms with van der Waals surface area (Å²) >= 11 is 1.52. The quantitative estimate of drug-likeness (QED) is 0.174. The van der Waals surface area contributed by atoms with Crippen molar-refractivity contribution in [3.63, 3.8) is 0 Å². The van der Waals surface area contributed by atoms with Crippen LogP contribution >= 0.6 is 11.8 Å². The highest BCUT2D eigenvalue weighted by Gasteiger charge is 2.49. The Morgan fingerprint density at radius 3 is 2.55 bits per heavy atom. The first-order chi connectivity index (χ1) is 31.0. The maximum atomic E-state index is 13.2. The third-order valence-electron chi connectivity index (χ3n) is 14.0. The van der Waals surface area contributed by atoms with E-state index < -0.39 is 11.9 Å². The molecule has 5 fully saturated rings. The second-order valence-corrected chi connectivity index (χ2v) is 19.4. The van der Waals surface area contributed by atoms with Crippen LogP contribution in [0.5, 0.6) is 5.75 Å². The molecule has 18 heteroatoms. The first-order valence-corrected chi connectivity index (χ1v) is 23.1. The average Bonchev–Trinajstić information content (AvgIpc) is 3.97. The van der Waals surface area contributed by atoms with Gasteiger partial charge in [0.25, 0.3) is 5.91 Å². The van der Waals surface area contributed by atoms with Gasteiger partial charge in [0.1, 0.15) is 34.9 Å². The second-order valence-electron chi connectivity index (χ2n) is 18.3. The molecule has 10 rings (SSSR count). The number of piperidine rings is 2. The van der Waals surface area contributed by atoms with Crippen LogP contribution in [0.1, 0.15) is 67.1 Å². The van der Waals surface area contributed by atoms with Crippen molar-refractivity contribution in [1.29, 1.82) is 0 Å². The number of carbonyl (C=O) groups is 4. The molecule has 64 heavy (non-hydrogen) atoms. The Hall–Kier alpha value is -5.69. The number of benzene rings is 2. The average molecular weight is 888 g/mol. The molecular weight excluding hydrogens is 835 g/mol. The molecular formula is C46H53N11O6S.